The lowest BCUT2D eigenvalue weighted by Gasteiger charge is -2.32. The summed E-state index contributed by atoms with van der Waals surface area (Å²) in [7, 11) is -3.30. The van der Waals surface area contributed by atoms with Crippen LogP contribution in [0.3, 0.4) is 0 Å². The lowest BCUT2D eigenvalue weighted by atomic mass is 9.96. The standard InChI is InChI=1S/C20H22N2O4S/c1-27(25,26)18-11-9-15(10-12-18)20(24)22-13-5-6-16(14-22)19(23)21-17-7-3-2-4-8-17/h2-4,7-12,16H,5-6,13-14H2,1H3,(H,21,23)/t16-/m0/s1. The monoisotopic (exact) mass is 386 g/mol. The highest BCUT2D eigenvalue weighted by atomic mass is 32.2. The van der Waals surface area contributed by atoms with E-state index < -0.39 is 9.84 Å². The maximum atomic E-state index is 12.7. The molecular formula is C20H22N2O4S. The normalized spacial score (nSPS) is 17.4. The summed E-state index contributed by atoms with van der Waals surface area (Å²) in [5, 5.41) is 2.89. The molecule has 0 aromatic heterocycles. The van der Waals surface area contributed by atoms with E-state index in [1.54, 1.807) is 4.90 Å². The summed E-state index contributed by atoms with van der Waals surface area (Å²) in [6.45, 7) is 0.938. The Morgan fingerprint density at radius 1 is 1.04 bits per heavy atom. The van der Waals surface area contributed by atoms with Crippen molar-refractivity contribution in [3.05, 3.63) is 60.2 Å². The van der Waals surface area contributed by atoms with Crippen molar-refractivity contribution < 1.29 is 18.0 Å². The Hall–Kier alpha value is -2.67. The van der Waals surface area contributed by atoms with Gasteiger partial charge in [0.15, 0.2) is 9.84 Å². The van der Waals surface area contributed by atoms with Crippen molar-refractivity contribution >= 4 is 27.3 Å². The number of carbonyl (C=O) groups excluding carboxylic acids is 2. The average molecular weight is 386 g/mol. The molecular weight excluding hydrogens is 364 g/mol. The van der Waals surface area contributed by atoms with Crippen LogP contribution in [0.15, 0.2) is 59.5 Å². The molecule has 3 rings (SSSR count). The predicted molar refractivity (Wildman–Crippen MR) is 103 cm³/mol. The molecule has 1 aliphatic rings. The van der Waals surface area contributed by atoms with Gasteiger partial charge in [0.05, 0.1) is 10.8 Å². The SMILES string of the molecule is CS(=O)(=O)c1ccc(C(=O)N2CCC[C@H](C(=O)Nc3ccccc3)C2)cc1. The third-order valence-electron chi connectivity index (χ3n) is 4.65. The minimum absolute atomic E-state index is 0.0916. The number of piperidine rings is 1. The van der Waals surface area contributed by atoms with Crippen LogP contribution in [0.4, 0.5) is 5.69 Å². The third-order valence-corrected chi connectivity index (χ3v) is 5.78. The minimum atomic E-state index is -3.30. The molecule has 1 fully saturated rings. The van der Waals surface area contributed by atoms with Gasteiger partial charge in [-0.2, -0.15) is 0 Å². The lowest BCUT2D eigenvalue weighted by Crippen LogP contribution is -2.43. The van der Waals surface area contributed by atoms with E-state index in [0.29, 0.717) is 18.7 Å². The summed E-state index contributed by atoms with van der Waals surface area (Å²) in [6.07, 6.45) is 2.61. The smallest absolute Gasteiger partial charge is 0.253 e. The van der Waals surface area contributed by atoms with Crippen LogP contribution in [0.25, 0.3) is 0 Å². The van der Waals surface area contributed by atoms with Crippen LogP contribution >= 0.6 is 0 Å². The van der Waals surface area contributed by atoms with Crippen LogP contribution < -0.4 is 5.32 Å². The van der Waals surface area contributed by atoms with Gasteiger partial charge in [-0.25, -0.2) is 8.42 Å². The molecule has 0 spiro atoms. The van der Waals surface area contributed by atoms with Gasteiger partial charge < -0.3 is 10.2 Å². The van der Waals surface area contributed by atoms with E-state index in [1.165, 1.54) is 24.3 Å². The second-order valence-corrected chi connectivity index (χ2v) is 8.76. The molecule has 2 amide bonds. The quantitative estimate of drug-likeness (QED) is 0.875. The second kappa shape index (κ2) is 7.92. The average Bonchev–Trinajstić information content (AvgIpc) is 2.68. The van der Waals surface area contributed by atoms with E-state index in [0.717, 1.165) is 24.8 Å². The van der Waals surface area contributed by atoms with Crippen molar-refractivity contribution in [3.63, 3.8) is 0 Å². The Labute approximate surface area is 159 Å². The summed E-state index contributed by atoms with van der Waals surface area (Å²) in [5.74, 6) is -0.545. The molecule has 2 aromatic rings. The van der Waals surface area contributed by atoms with Gasteiger partial charge in [-0.15, -0.1) is 0 Å². The number of hydrogen-bond acceptors (Lipinski definition) is 4. The van der Waals surface area contributed by atoms with Crippen LogP contribution in [0.1, 0.15) is 23.2 Å². The first-order valence-electron chi connectivity index (χ1n) is 8.80. The highest BCUT2D eigenvalue weighted by molar-refractivity contribution is 7.90. The first kappa shape index (κ1) is 19.1. The molecule has 0 aliphatic carbocycles. The highest BCUT2D eigenvalue weighted by Gasteiger charge is 2.29. The molecule has 1 atom stereocenters. The van der Waals surface area contributed by atoms with Gasteiger partial charge in [0, 0.05) is 30.6 Å². The van der Waals surface area contributed by atoms with Gasteiger partial charge in [-0.1, -0.05) is 18.2 Å². The van der Waals surface area contributed by atoms with Crippen LogP contribution in [-0.2, 0) is 14.6 Å². The van der Waals surface area contributed by atoms with Crippen LogP contribution in [0.2, 0.25) is 0 Å². The van der Waals surface area contributed by atoms with E-state index in [-0.39, 0.29) is 22.6 Å². The van der Waals surface area contributed by atoms with E-state index in [2.05, 4.69) is 5.32 Å². The number of likely N-dealkylation sites (tertiary alicyclic amines) is 1. The molecule has 0 radical (unpaired) electrons. The van der Waals surface area contributed by atoms with Crippen molar-refractivity contribution in [1.29, 1.82) is 0 Å². The molecule has 0 unspecified atom stereocenters. The Balaban J connectivity index is 1.66. The van der Waals surface area contributed by atoms with Crippen molar-refractivity contribution in [2.45, 2.75) is 17.7 Å². The molecule has 27 heavy (non-hydrogen) atoms. The van der Waals surface area contributed by atoms with Gasteiger partial charge in [-0.3, -0.25) is 9.59 Å². The molecule has 7 heteroatoms. The van der Waals surface area contributed by atoms with Gasteiger partial charge in [0.1, 0.15) is 0 Å². The number of sulfone groups is 1. The number of rotatable bonds is 4. The molecule has 1 N–H and O–H groups in total. The highest BCUT2D eigenvalue weighted by Crippen LogP contribution is 2.21. The molecule has 2 aromatic carbocycles. The minimum Gasteiger partial charge on any atom is -0.338 e. The van der Waals surface area contributed by atoms with Crippen molar-refractivity contribution in [1.82, 2.24) is 4.90 Å². The molecule has 6 nitrogen and oxygen atoms in total. The Morgan fingerprint density at radius 3 is 2.33 bits per heavy atom. The molecule has 1 heterocycles. The second-order valence-electron chi connectivity index (χ2n) is 6.74. The fraction of sp³-hybridized carbons (Fsp3) is 0.300. The largest absolute Gasteiger partial charge is 0.338 e. The third kappa shape index (κ3) is 4.74. The van der Waals surface area contributed by atoms with Crippen molar-refractivity contribution in [3.8, 4) is 0 Å². The molecule has 0 bridgehead atoms. The zero-order valence-corrected chi connectivity index (χ0v) is 15.9. The number of carbonyl (C=O) groups is 2. The fourth-order valence-electron chi connectivity index (χ4n) is 3.17. The lowest BCUT2D eigenvalue weighted by molar-refractivity contribution is -0.121. The zero-order valence-electron chi connectivity index (χ0n) is 15.1. The Morgan fingerprint density at radius 2 is 1.70 bits per heavy atom. The maximum Gasteiger partial charge on any atom is 0.253 e. The van der Waals surface area contributed by atoms with E-state index in [1.807, 2.05) is 30.3 Å². The number of nitrogens with zero attached hydrogens (tertiary/aromatic N) is 1. The first-order chi connectivity index (χ1) is 12.8. The number of hydrogen-bond donors (Lipinski definition) is 1. The molecule has 1 saturated heterocycles. The van der Waals surface area contributed by atoms with Crippen LogP contribution in [0, 0.1) is 5.92 Å². The van der Waals surface area contributed by atoms with Crippen LogP contribution in [-0.4, -0.2) is 44.5 Å². The Bertz CT molecular complexity index is 924. The summed E-state index contributed by atoms with van der Waals surface area (Å²) in [4.78, 5) is 27.1. The van der Waals surface area contributed by atoms with Gasteiger partial charge in [0.25, 0.3) is 5.91 Å². The Kier molecular flexibility index (Phi) is 5.60. The molecule has 1 aliphatic heterocycles. The van der Waals surface area contributed by atoms with Crippen LogP contribution in [0.5, 0.6) is 0 Å². The van der Waals surface area contributed by atoms with Crippen molar-refractivity contribution in [2.75, 3.05) is 24.7 Å². The maximum absolute atomic E-state index is 12.7. The van der Waals surface area contributed by atoms with Gasteiger partial charge in [0.2, 0.25) is 5.91 Å². The number of amides is 2. The van der Waals surface area contributed by atoms with Gasteiger partial charge in [-0.05, 0) is 49.2 Å². The summed E-state index contributed by atoms with van der Waals surface area (Å²) in [6, 6.07) is 15.2. The zero-order chi connectivity index (χ0) is 19.4. The number of para-hydroxylation sites is 1. The molecule has 0 saturated carbocycles. The summed E-state index contributed by atoms with van der Waals surface area (Å²) < 4.78 is 23.1. The topological polar surface area (TPSA) is 83.6 Å². The summed E-state index contributed by atoms with van der Waals surface area (Å²) >= 11 is 0. The predicted octanol–water partition coefficient (Wildman–Crippen LogP) is 2.58. The number of anilines is 1. The van der Waals surface area contributed by atoms with Crippen molar-refractivity contribution in [2.24, 2.45) is 5.92 Å². The van der Waals surface area contributed by atoms with E-state index in [4.69, 9.17) is 0 Å². The fourth-order valence-corrected chi connectivity index (χ4v) is 3.80. The van der Waals surface area contributed by atoms with E-state index in [9.17, 15) is 18.0 Å². The summed E-state index contributed by atoms with van der Waals surface area (Å²) in [5.41, 5.74) is 1.16. The number of benzene rings is 2. The first-order valence-corrected chi connectivity index (χ1v) is 10.7. The number of nitrogens with one attached hydrogen (secondary N) is 1. The van der Waals surface area contributed by atoms with Gasteiger partial charge >= 0.3 is 0 Å². The van der Waals surface area contributed by atoms with E-state index >= 15 is 0 Å². The molecule has 142 valence electrons.